The first kappa shape index (κ1) is 18.7. The number of aliphatic hydroxyl groups excluding tert-OH is 1. The van der Waals surface area contributed by atoms with Crippen LogP contribution in [0.1, 0.15) is 29.6 Å². The molecule has 0 saturated carbocycles. The fourth-order valence-corrected chi connectivity index (χ4v) is 2.82. The largest absolute Gasteiger partial charge is 0.452 e. The average molecular weight is 349 g/mol. The summed E-state index contributed by atoms with van der Waals surface area (Å²) >= 11 is 0. The van der Waals surface area contributed by atoms with Crippen molar-refractivity contribution in [3.8, 4) is 0 Å². The molecule has 1 aromatic rings. The zero-order chi connectivity index (χ0) is 18.2. The number of carbonyl (C=O) groups is 3. The van der Waals surface area contributed by atoms with Gasteiger partial charge in [-0.1, -0.05) is 12.1 Å². The molecular weight excluding hydrogens is 326 g/mol. The summed E-state index contributed by atoms with van der Waals surface area (Å²) in [6, 6.07) is 6.03. The van der Waals surface area contributed by atoms with Crippen LogP contribution in [-0.4, -0.2) is 60.1 Å². The second-order valence-corrected chi connectivity index (χ2v) is 5.77. The lowest BCUT2D eigenvalue weighted by Crippen LogP contribution is -2.51. The van der Waals surface area contributed by atoms with Crippen molar-refractivity contribution in [2.45, 2.75) is 25.3 Å². The molecule has 8 heteroatoms. The Morgan fingerprint density at radius 3 is 2.76 bits per heavy atom. The quantitative estimate of drug-likeness (QED) is 0.601. The zero-order valence-corrected chi connectivity index (χ0v) is 13.9. The Hall–Kier alpha value is -2.61. The normalized spacial score (nSPS) is 17.0. The standard InChI is InChI=1S/C17H23N3O5/c18-16(23)14-7-3-4-9-20(14)15(22)11-25-17(24)12-5-1-2-6-13(12)19-8-10-21/h1-2,5-6,14,19,21H,3-4,7-11H2,(H2,18,23)/t14-/m1/s1. The van der Waals surface area contributed by atoms with Crippen LogP contribution in [0.2, 0.25) is 0 Å². The summed E-state index contributed by atoms with van der Waals surface area (Å²) in [7, 11) is 0. The molecule has 0 bridgehead atoms. The lowest BCUT2D eigenvalue weighted by Gasteiger charge is -2.33. The number of nitrogens with one attached hydrogen (secondary N) is 1. The smallest absolute Gasteiger partial charge is 0.340 e. The van der Waals surface area contributed by atoms with E-state index in [9.17, 15) is 14.4 Å². The van der Waals surface area contributed by atoms with Crippen LogP contribution in [-0.2, 0) is 14.3 Å². The van der Waals surface area contributed by atoms with Gasteiger partial charge in [-0.3, -0.25) is 9.59 Å². The van der Waals surface area contributed by atoms with E-state index in [0.29, 0.717) is 18.7 Å². The van der Waals surface area contributed by atoms with Gasteiger partial charge in [0.25, 0.3) is 5.91 Å². The van der Waals surface area contributed by atoms with Crippen LogP contribution in [0, 0.1) is 0 Å². The molecule has 136 valence electrons. The molecule has 8 nitrogen and oxygen atoms in total. The highest BCUT2D eigenvalue weighted by Crippen LogP contribution is 2.18. The van der Waals surface area contributed by atoms with Crippen molar-refractivity contribution in [1.29, 1.82) is 0 Å². The molecule has 2 amide bonds. The molecule has 1 aromatic carbocycles. The number of hydrogen-bond acceptors (Lipinski definition) is 6. The maximum atomic E-state index is 12.3. The van der Waals surface area contributed by atoms with Crippen LogP contribution in [0.5, 0.6) is 0 Å². The predicted molar refractivity (Wildman–Crippen MR) is 90.8 cm³/mol. The van der Waals surface area contributed by atoms with E-state index in [2.05, 4.69) is 5.32 Å². The van der Waals surface area contributed by atoms with Crippen molar-refractivity contribution in [2.24, 2.45) is 5.73 Å². The fraction of sp³-hybridized carbons (Fsp3) is 0.471. The third-order valence-electron chi connectivity index (χ3n) is 4.05. The molecule has 0 aliphatic carbocycles. The number of para-hydroxylation sites is 1. The number of aliphatic hydroxyl groups is 1. The number of rotatable bonds is 7. The van der Waals surface area contributed by atoms with Crippen molar-refractivity contribution in [3.05, 3.63) is 29.8 Å². The van der Waals surface area contributed by atoms with Gasteiger partial charge < -0.3 is 25.8 Å². The van der Waals surface area contributed by atoms with Gasteiger partial charge in [0, 0.05) is 18.8 Å². The summed E-state index contributed by atoms with van der Waals surface area (Å²) < 4.78 is 5.11. The zero-order valence-electron chi connectivity index (χ0n) is 13.9. The highest BCUT2D eigenvalue weighted by atomic mass is 16.5. The molecular formula is C17H23N3O5. The predicted octanol–water partition coefficient (Wildman–Crippen LogP) is 0.114. The number of benzene rings is 1. The fourth-order valence-electron chi connectivity index (χ4n) is 2.82. The maximum absolute atomic E-state index is 12.3. The first-order chi connectivity index (χ1) is 12.0. The summed E-state index contributed by atoms with van der Waals surface area (Å²) in [6.45, 7) is 0.193. The molecule has 4 N–H and O–H groups in total. The Morgan fingerprint density at radius 1 is 1.28 bits per heavy atom. The van der Waals surface area contributed by atoms with Crippen molar-refractivity contribution in [2.75, 3.05) is 31.6 Å². The van der Waals surface area contributed by atoms with Crippen molar-refractivity contribution in [3.63, 3.8) is 0 Å². The van der Waals surface area contributed by atoms with E-state index >= 15 is 0 Å². The number of hydrogen-bond donors (Lipinski definition) is 3. The van der Waals surface area contributed by atoms with Crippen LogP contribution < -0.4 is 11.1 Å². The van der Waals surface area contributed by atoms with Gasteiger partial charge in [0.05, 0.1) is 12.2 Å². The monoisotopic (exact) mass is 349 g/mol. The van der Waals surface area contributed by atoms with Crippen molar-refractivity contribution < 1.29 is 24.2 Å². The SMILES string of the molecule is NC(=O)[C@H]1CCCCN1C(=O)COC(=O)c1ccccc1NCCO. The first-order valence-corrected chi connectivity index (χ1v) is 8.24. The van der Waals surface area contributed by atoms with E-state index in [1.165, 1.54) is 4.90 Å². The molecule has 1 aliphatic rings. The van der Waals surface area contributed by atoms with Gasteiger partial charge in [0.15, 0.2) is 6.61 Å². The summed E-state index contributed by atoms with van der Waals surface area (Å²) in [6.07, 6.45) is 2.15. The van der Waals surface area contributed by atoms with E-state index in [0.717, 1.165) is 12.8 Å². The van der Waals surface area contributed by atoms with Crippen LogP contribution >= 0.6 is 0 Å². The molecule has 0 unspecified atom stereocenters. The minimum Gasteiger partial charge on any atom is -0.452 e. The topological polar surface area (TPSA) is 122 Å². The highest BCUT2D eigenvalue weighted by molar-refractivity contribution is 5.97. The van der Waals surface area contributed by atoms with E-state index in [-0.39, 0.29) is 18.7 Å². The van der Waals surface area contributed by atoms with E-state index in [1.807, 2.05) is 0 Å². The minimum atomic E-state index is -0.651. The number of nitrogens with zero attached hydrogens (tertiary/aromatic N) is 1. The number of amides is 2. The first-order valence-electron chi connectivity index (χ1n) is 8.24. The van der Waals surface area contributed by atoms with Gasteiger partial charge in [-0.05, 0) is 31.4 Å². The molecule has 1 atom stereocenters. The third kappa shape index (κ3) is 4.93. The van der Waals surface area contributed by atoms with Crippen LogP contribution in [0.4, 0.5) is 5.69 Å². The molecule has 2 rings (SSSR count). The molecule has 1 heterocycles. The Balaban J connectivity index is 1.97. The van der Waals surface area contributed by atoms with Crippen LogP contribution in [0.15, 0.2) is 24.3 Å². The summed E-state index contributed by atoms with van der Waals surface area (Å²) in [5, 5.41) is 11.8. The van der Waals surface area contributed by atoms with Gasteiger partial charge in [-0.2, -0.15) is 0 Å². The number of nitrogens with two attached hydrogens (primary N) is 1. The summed E-state index contributed by atoms with van der Waals surface area (Å²) in [5.74, 6) is -1.63. The van der Waals surface area contributed by atoms with Crippen molar-refractivity contribution >= 4 is 23.5 Å². The number of primary amides is 1. The van der Waals surface area contributed by atoms with E-state index < -0.39 is 30.4 Å². The van der Waals surface area contributed by atoms with Crippen LogP contribution in [0.3, 0.4) is 0 Å². The Kier molecular flexibility index (Phi) is 6.76. The molecule has 1 saturated heterocycles. The van der Waals surface area contributed by atoms with Gasteiger partial charge in [0.1, 0.15) is 6.04 Å². The Morgan fingerprint density at radius 2 is 2.04 bits per heavy atom. The molecule has 1 aliphatic heterocycles. The summed E-state index contributed by atoms with van der Waals surface area (Å²) in [4.78, 5) is 37.4. The Bertz CT molecular complexity index is 634. The number of ether oxygens (including phenoxy) is 1. The number of anilines is 1. The van der Waals surface area contributed by atoms with Crippen molar-refractivity contribution in [1.82, 2.24) is 4.90 Å². The highest BCUT2D eigenvalue weighted by Gasteiger charge is 2.31. The van der Waals surface area contributed by atoms with E-state index in [1.54, 1.807) is 24.3 Å². The number of carbonyl (C=O) groups excluding carboxylic acids is 3. The number of esters is 1. The molecule has 25 heavy (non-hydrogen) atoms. The van der Waals surface area contributed by atoms with Gasteiger partial charge in [0.2, 0.25) is 5.91 Å². The van der Waals surface area contributed by atoms with Gasteiger partial charge in [-0.15, -0.1) is 0 Å². The molecule has 0 spiro atoms. The number of likely N-dealkylation sites (tertiary alicyclic amines) is 1. The number of piperidine rings is 1. The molecule has 0 aromatic heterocycles. The lowest BCUT2D eigenvalue weighted by atomic mass is 10.0. The minimum absolute atomic E-state index is 0.0780. The second-order valence-electron chi connectivity index (χ2n) is 5.77. The molecule has 1 fully saturated rings. The maximum Gasteiger partial charge on any atom is 0.340 e. The molecule has 0 radical (unpaired) electrons. The second kappa shape index (κ2) is 9.03. The summed E-state index contributed by atoms with van der Waals surface area (Å²) in [5.41, 5.74) is 6.13. The van der Waals surface area contributed by atoms with Crippen LogP contribution in [0.25, 0.3) is 0 Å². The van der Waals surface area contributed by atoms with Gasteiger partial charge in [-0.25, -0.2) is 4.79 Å². The third-order valence-corrected chi connectivity index (χ3v) is 4.05. The van der Waals surface area contributed by atoms with Gasteiger partial charge >= 0.3 is 5.97 Å². The van der Waals surface area contributed by atoms with E-state index in [4.69, 9.17) is 15.6 Å². The lowest BCUT2D eigenvalue weighted by molar-refractivity contribution is -0.143. The Labute approximate surface area is 145 Å². The average Bonchev–Trinajstić information content (AvgIpc) is 2.64.